The first-order chi connectivity index (χ1) is 7.72. The fraction of sp³-hybridized carbons (Fsp3) is 0.571. The number of hydrogen-bond donors (Lipinski definition) is 1. The Morgan fingerprint density at radius 1 is 1.25 bits per heavy atom. The fourth-order valence-corrected chi connectivity index (χ4v) is 1.97. The molecular weight excluding hydrogens is 198 g/mol. The summed E-state index contributed by atoms with van der Waals surface area (Å²) >= 11 is 0. The van der Waals surface area contributed by atoms with Crippen LogP contribution in [-0.2, 0) is 6.42 Å². The average molecular weight is 221 g/mol. The normalized spacial score (nSPS) is 12.5. The van der Waals surface area contributed by atoms with Gasteiger partial charge in [-0.05, 0) is 43.0 Å². The number of nitrogens with two attached hydrogens (primary N) is 1. The molecule has 1 aromatic carbocycles. The summed E-state index contributed by atoms with van der Waals surface area (Å²) < 4.78 is 5.50. The Hall–Kier alpha value is -1.02. The van der Waals surface area contributed by atoms with E-state index < -0.39 is 0 Å². The Balaban J connectivity index is 2.92. The molecule has 1 atom stereocenters. The summed E-state index contributed by atoms with van der Waals surface area (Å²) in [4.78, 5) is 0. The Labute approximate surface area is 98.8 Å². The minimum absolute atomic E-state index is 0.163. The van der Waals surface area contributed by atoms with E-state index in [2.05, 4.69) is 26.0 Å². The van der Waals surface area contributed by atoms with Gasteiger partial charge in [-0.1, -0.05) is 26.3 Å². The third-order valence-electron chi connectivity index (χ3n) is 2.81. The van der Waals surface area contributed by atoms with Crippen LogP contribution in [0, 0.1) is 0 Å². The van der Waals surface area contributed by atoms with Gasteiger partial charge in [0.1, 0.15) is 5.75 Å². The van der Waals surface area contributed by atoms with E-state index in [9.17, 15) is 0 Å². The van der Waals surface area contributed by atoms with Crippen LogP contribution < -0.4 is 10.5 Å². The van der Waals surface area contributed by atoms with Gasteiger partial charge in [0.25, 0.3) is 0 Å². The Morgan fingerprint density at radius 2 is 2.00 bits per heavy atom. The van der Waals surface area contributed by atoms with Crippen LogP contribution >= 0.6 is 0 Å². The van der Waals surface area contributed by atoms with Gasteiger partial charge in [0, 0.05) is 6.04 Å². The van der Waals surface area contributed by atoms with E-state index in [1.165, 1.54) is 11.1 Å². The molecule has 0 amide bonds. The Morgan fingerprint density at radius 3 is 2.56 bits per heavy atom. The zero-order chi connectivity index (χ0) is 12.0. The van der Waals surface area contributed by atoms with Crippen molar-refractivity contribution in [2.45, 2.75) is 46.1 Å². The van der Waals surface area contributed by atoms with Crippen LogP contribution in [0.2, 0.25) is 0 Å². The van der Waals surface area contributed by atoms with Gasteiger partial charge in [0.05, 0.1) is 6.61 Å². The largest absolute Gasteiger partial charge is 0.494 e. The number of hydrogen-bond acceptors (Lipinski definition) is 2. The first kappa shape index (κ1) is 13.0. The first-order valence-electron chi connectivity index (χ1n) is 6.24. The van der Waals surface area contributed by atoms with Gasteiger partial charge in [0.2, 0.25) is 0 Å². The highest BCUT2D eigenvalue weighted by Gasteiger charge is 2.10. The predicted octanol–water partition coefficient (Wildman–Crippen LogP) is 3.45. The van der Waals surface area contributed by atoms with Gasteiger partial charge in [-0.15, -0.1) is 0 Å². The molecule has 0 fully saturated rings. The lowest BCUT2D eigenvalue weighted by Gasteiger charge is -2.16. The maximum atomic E-state index is 6.17. The molecule has 0 saturated heterocycles. The van der Waals surface area contributed by atoms with Crippen molar-refractivity contribution in [3.05, 3.63) is 29.3 Å². The Bertz CT molecular complexity index is 323. The van der Waals surface area contributed by atoms with Crippen molar-refractivity contribution in [3.8, 4) is 5.75 Å². The van der Waals surface area contributed by atoms with E-state index in [4.69, 9.17) is 10.5 Å². The monoisotopic (exact) mass is 221 g/mol. The van der Waals surface area contributed by atoms with Crippen LogP contribution in [0.15, 0.2) is 18.2 Å². The van der Waals surface area contributed by atoms with Gasteiger partial charge in [-0.25, -0.2) is 0 Å². The lowest BCUT2D eigenvalue weighted by atomic mass is 9.96. The molecule has 2 heteroatoms. The molecule has 2 nitrogen and oxygen atoms in total. The molecule has 0 bridgehead atoms. The van der Waals surface area contributed by atoms with E-state index in [1.54, 1.807) is 0 Å². The zero-order valence-electron chi connectivity index (χ0n) is 10.6. The van der Waals surface area contributed by atoms with Gasteiger partial charge in [-0.2, -0.15) is 0 Å². The summed E-state index contributed by atoms with van der Waals surface area (Å²) in [6, 6.07) is 6.42. The summed E-state index contributed by atoms with van der Waals surface area (Å²) in [5, 5.41) is 0. The van der Waals surface area contributed by atoms with Gasteiger partial charge in [-0.3, -0.25) is 0 Å². The highest BCUT2D eigenvalue weighted by atomic mass is 16.5. The second kappa shape index (κ2) is 6.54. The lowest BCUT2D eigenvalue weighted by molar-refractivity contribution is 0.339. The summed E-state index contributed by atoms with van der Waals surface area (Å²) in [7, 11) is 0. The average Bonchev–Trinajstić information content (AvgIpc) is 2.29. The van der Waals surface area contributed by atoms with Crippen molar-refractivity contribution in [2.24, 2.45) is 5.73 Å². The fourth-order valence-electron chi connectivity index (χ4n) is 1.97. The molecule has 1 rings (SSSR count). The van der Waals surface area contributed by atoms with Crippen molar-refractivity contribution in [3.63, 3.8) is 0 Å². The van der Waals surface area contributed by atoms with Crippen LogP contribution in [0.4, 0.5) is 0 Å². The maximum Gasteiger partial charge on any atom is 0.119 e. The Kier molecular flexibility index (Phi) is 5.33. The molecule has 0 aliphatic heterocycles. The second-order valence-corrected chi connectivity index (χ2v) is 4.04. The van der Waals surface area contributed by atoms with E-state index in [1.807, 2.05) is 13.0 Å². The van der Waals surface area contributed by atoms with E-state index >= 15 is 0 Å². The number of benzene rings is 1. The molecule has 0 spiro atoms. The molecule has 1 aromatic rings. The third-order valence-corrected chi connectivity index (χ3v) is 2.81. The van der Waals surface area contributed by atoms with Gasteiger partial charge in [0.15, 0.2) is 0 Å². The van der Waals surface area contributed by atoms with E-state index in [0.717, 1.165) is 25.0 Å². The van der Waals surface area contributed by atoms with Crippen molar-refractivity contribution in [1.29, 1.82) is 0 Å². The topological polar surface area (TPSA) is 35.2 Å². The number of aryl methyl sites for hydroxylation is 1. The van der Waals surface area contributed by atoms with Gasteiger partial charge < -0.3 is 10.5 Å². The van der Waals surface area contributed by atoms with Crippen LogP contribution in [0.25, 0.3) is 0 Å². The lowest BCUT2D eigenvalue weighted by Crippen LogP contribution is -2.12. The molecule has 90 valence electrons. The smallest absolute Gasteiger partial charge is 0.119 e. The quantitative estimate of drug-likeness (QED) is 0.798. The predicted molar refractivity (Wildman–Crippen MR) is 68.8 cm³/mol. The summed E-state index contributed by atoms with van der Waals surface area (Å²) in [6.07, 6.45) is 3.17. The minimum atomic E-state index is 0.163. The van der Waals surface area contributed by atoms with Crippen molar-refractivity contribution in [1.82, 2.24) is 0 Å². The molecule has 0 aliphatic rings. The third kappa shape index (κ3) is 3.24. The van der Waals surface area contributed by atoms with E-state index in [0.29, 0.717) is 6.61 Å². The second-order valence-electron chi connectivity index (χ2n) is 4.04. The molecule has 0 radical (unpaired) electrons. The van der Waals surface area contributed by atoms with Crippen LogP contribution in [0.5, 0.6) is 5.75 Å². The number of rotatable bonds is 6. The summed E-state index contributed by atoms with van der Waals surface area (Å²) in [6.45, 7) is 7.04. The molecule has 2 N–H and O–H groups in total. The van der Waals surface area contributed by atoms with Crippen LogP contribution in [-0.4, -0.2) is 6.61 Å². The molecule has 0 aliphatic carbocycles. The molecule has 16 heavy (non-hydrogen) atoms. The van der Waals surface area contributed by atoms with Crippen molar-refractivity contribution < 1.29 is 4.74 Å². The molecule has 0 heterocycles. The summed E-state index contributed by atoms with van der Waals surface area (Å²) in [5.74, 6) is 0.951. The van der Waals surface area contributed by atoms with Crippen molar-refractivity contribution in [2.75, 3.05) is 6.61 Å². The van der Waals surface area contributed by atoms with E-state index in [-0.39, 0.29) is 6.04 Å². The molecule has 0 saturated carbocycles. The zero-order valence-corrected chi connectivity index (χ0v) is 10.6. The molecule has 1 unspecified atom stereocenters. The van der Waals surface area contributed by atoms with Crippen LogP contribution in [0.1, 0.15) is 50.8 Å². The first-order valence-corrected chi connectivity index (χ1v) is 6.24. The molecule has 0 aromatic heterocycles. The SMILES string of the molecule is CCCC(N)c1ccc(OCC)cc1CC. The highest BCUT2D eigenvalue weighted by molar-refractivity contribution is 5.37. The van der Waals surface area contributed by atoms with Gasteiger partial charge >= 0.3 is 0 Å². The van der Waals surface area contributed by atoms with Crippen LogP contribution in [0.3, 0.4) is 0 Å². The molecular formula is C14H23NO. The summed E-state index contributed by atoms with van der Waals surface area (Å²) in [5.41, 5.74) is 8.75. The standard InChI is InChI=1S/C14H23NO/c1-4-7-14(15)13-9-8-12(16-6-3)10-11(13)5-2/h8-10,14H,4-7,15H2,1-3H3. The highest BCUT2D eigenvalue weighted by Crippen LogP contribution is 2.25. The van der Waals surface area contributed by atoms with Crippen molar-refractivity contribution >= 4 is 0 Å². The maximum absolute atomic E-state index is 6.17. The number of ether oxygens (including phenoxy) is 1. The minimum Gasteiger partial charge on any atom is -0.494 e.